The molecule has 1 heterocycles. The standard InChI is InChI=1S/C19H19ClFN3O3/c1-27-17-7-3-2-5-15(17)23-19(26)24-10-4-6-16(24)18(25)22-12-8-9-14(21)13(20)11-12/h2-3,5,7-9,11,16H,4,6,10H2,1H3,(H,22,25)(H,23,26). The number of likely N-dealkylation sites (tertiary alicyclic amines) is 1. The minimum atomic E-state index is -0.622. The maximum Gasteiger partial charge on any atom is 0.322 e. The van der Waals surface area contributed by atoms with Crippen molar-refractivity contribution in [3.63, 3.8) is 0 Å². The summed E-state index contributed by atoms with van der Waals surface area (Å²) in [7, 11) is 1.52. The van der Waals surface area contributed by atoms with Crippen molar-refractivity contribution in [1.29, 1.82) is 0 Å². The van der Waals surface area contributed by atoms with Crippen LogP contribution in [0.5, 0.6) is 5.75 Å². The first-order valence-corrected chi connectivity index (χ1v) is 8.84. The first kappa shape index (κ1) is 19.0. The minimum absolute atomic E-state index is 0.0787. The molecule has 3 amide bonds. The number of hydrogen-bond acceptors (Lipinski definition) is 3. The third-order valence-corrected chi connectivity index (χ3v) is 4.64. The van der Waals surface area contributed by atoms with E-state index in [1.54, 1.807) is 24.3 Å². The number of halogens is 2. The first-order valence-electron chi connectivity index (χ1n) is 8.46. The molecule has 0 aliphatic carbocycles. The van der Waals surface area contributed by atoms with Gasteiger partial charge in [0.1, 0.15) is 17.6 Å². The second-order valence-electron chi connectivity index (χ2n) is 6.10. The molecule has 1 aliphatic rings. The molecule has 1 fully saturated rings. The second kappa shape index (κ2) is 8.26. The van der Waals surface area contributed by atoms with E-state index in [1.807, 2.05) is 0 Å². The smallest absolute Gasteiger partial charge is 0.322 e. The van der Waals surface area contributed by atoms with Crippen LogP contribution < -0.4 is 15.4 Å². The van der Waals surface area contributed by atoms with Crippen LogP contribution in [0.2, 0.25) is 5.02 Å². The molecule has 6 nitrogen and oxygen atoms in total. The predicted molar refractivity (Wildman–Crippen MR) is 102 cm³/mol. The van der Waals surface area contributed by atoms with Crippen LogP contribution in [-0.2, 0) is 4.79 Å². The van der Waals surface area contributed by atoms with E-state index in [9.17, 15) is 14.0 Å². The van der Waals surface area contributed by atoms with E-state index < -0.39 is 11.9 Å². The molecule has 1 unspecified atom stereocenters. The largest absolute Gasteiger partial charge is 0.495 e. The summed E-state index contributed by atoms with van der Waals surface area (Å²) in [6.45, 7) is 0.462. The van der Waals surface area contributed by atoms with Crippen molar-refractivity contribution in [1.82, 2.24) is 4.90 Å². The Bertz CT molecular complexity index is 862. The van der Waals surface area contributed by atoms with E-state index in [0.29, 0.717) is 36.5 Å². The number of amides is 3. The third kappa shape index (κ3) is 4.31. The number of nitrogens with zero attached hydrogens (tertiary/aromatic N) is 1. The summed E-state index contributed by atoms with van der Waals surface area (Å²) in [6.07, 6.45) is 1.25. The van der Waals surface area contributed by atoms with Gasteiger partial charge in [0, 0.05) is 12.2 Å². The van der Waals surface area contributed by atoms with Gasteiger partial charge in [0.05, 0.1) is 17.8 Å². The van der Waals surface area contributed by atoms with Crippen LogP contribution in [0, 0.1) is 5.82 Å². The van der Waals surface area contributed by atoms with Crippen molar-refractivity contribution in [2.75, 3.05) is 24.3 Å². The zero-order chi connectivity index (χ0) is 19.4. The van der Waals surface area contributed by atoms with Gasteiger partial charge in [-0.05, 0) is 43.2 Å². The van der Waals surface area contributed by atoms with Gasteiger partial charge in [-0.15, -0.1) is 0 Å². The Hall–Kier alpha value is -2.80. The quantitative estimate of drug-likeness (QED) is 0.823. The van der Waals surface area contributed by atoms with Crippen LogP contribution in [-0.4, -0.2) is 36.5 Å². The number of carbonyl (C=O) groups is 2. The monoisotopic (exact) mass is 391 g/mol. The molecule has 2 aromatic rings. The molecule has 3 rings (SSSR count). The van der Waals surface area contributed by atoms with Gasteiger partial charge in [-0.2, -0.15) is 0 Å². The molecule has 0 aromatic heterocycles. The zero-order valence-corrected chi connectivity index (χ0v) is 15.4. The number of nitrogens with one attached hydrogen (secondary N) is 2. The van der Waals surface area contributed by atoms with Crippen molar-refractivity contribution < 1.29 is 18.7 Å². The lowest BCUT2D eigenvalue weighted by atomic mass is 10.2. The van der Waals surface area contributed by atoms with Gasteiger partial charge < -0.3 is 20.3 Å². The van der Waals surface area contributed by atoms with Crippen LogP contribution in [0.25, 0.3) is 0 Å². The van der Waals surface area contributed by atoms with Crippen LogP contribution >= 0.6 is 11.6 Å². The van der Waals surface area contributed by atoms with E-state index in [2.05, 4.69) is 10.6 Å². The highest BCUT2D eigenvalue weighted by Crippen LogP contribution is 2.26. The number of anilines is 2. The first-order chi connectivity index (χ1) is 13.0. The minimum Gasteiger partial charge on any atom is -0.495 e. The molecule has 2 aromatic carbocycles. The van der Waals surface area contributed by atoms with Crippen LogP contribution in [0.4, 0.5) is 20.6 Å². The molecule has 142 valence electrons. The van der Waals surface area contributed by atoms with Crippen LogP contribution in [0.1, 0.15) is 12.8 Å². The lowest BCUT2D eigenvalue weighted by Gasteiger charge is -2.24. The fourth-order valence-corrected chi connectivity index (χ4v) is 3.20. The Morgan fingerprint density at radius 1 is 1.22 bits per heavy atom. The summed E-state index contributed by atoms with van der Waals surface area (Å²) < 4.78 is 18.5. The Balaban J connectivity index is 1.69. The van der Waals surface area contributed by atoms with Gasteiger partial charge >= 0.3 is 6.03 Å². The third-order valence-electron chi connectivity index (χ3n) is 4.35. The van der Waals surface area contributed by atoms with Crippen molar-refractivity contribution in [3.8, 4) is 5.75 Å². The average molecular weight is 392 g/mol. The van der Waals surface area contributed by atoms with E-state index in [-0.39, 0.29) is 17.0 Å². The lowest BCUT2D eigenvalue weighted by Crippen LogP contribution is -2.45. The van der Waals surface area contributed by atoms with Gasteiger partial charge in [0.15, 0.2) is 0 Å². The Morgan fingerprint density at radius 3 is 2.74 bits per heavy atom. The van der Waals surface area contributed by atoms with Crippen molar-refractivity contribution in [2.45, 2.75) is 18.9 Å². The highest BCUT2D eigenvalue weighted by molar-refractivity contribution is 6.31. The Kier molecular flexibility index (Phi) is 5.81. The highest BCUT2D eigenvalue weighted by atomic mass is 35.5. The van der Waals surface area contributed by atoms with Crippen LogP contribution in [0.15, 0.2) is 42.5 Å². The number of hydrogen-bond donors (Lipinski definition) is 2. The van der Waals surface area contributed by atoms with E-state index in [1.165, 1.54) is 30.2 Å². The summed E-state index contributed by atoms with van der Waals surface area (Å²) in [5.74, 6) is -0.370. The predicted octanol–water partition coefficient (Wildman–Crippen LogP) is 4.12. The Morgan fingerprint density at radius 2 is 2.00 bits per heavy atom. The normalized spacial score (nSPS) is 16.1. The van der Waals surface area contributed by atoms with Gasteiger partial charge in [-0.3, -0.25) is 4.79 Å². The fourth-order valence-electron chi connectivity index (χ4n) is 3.02. The van der Waals surface area contributed by atoms with Gasteiger partial charge in [-0.25, -0.2) is 9.18 Å². The molecule has 8 heteroatoms. The maximum absolute atomic E-state index is 13.3. The molecule has 1 aliphatic heterocycles. The molecular formula is C19H19ClFN3O3. The number of methoxy groups -OCH3 is 1. The molecule has 0 radical (unpaired) electrons. The summed E-state index contributed by atoms with van der Waals surface area (Å²) in [5.41, 5.74) is 0.907. The molecule has 0 spiro atoms. The Labute approximate surface area is 161 Å². The lowest BCUT2D eigenvalue weighted by molar-refractivity contribution is -0.119. The fraction of sp³-hybridized carbons (Fsp3) is 0.263. The maximum atomic E-state index is 13.3. The summed E-state index contributed by atoms with van der Waals surface area (Å²) in [4.78, 5) is 26.7. The molecule has 27 heavy (non-hydrogen) atoms. The zero-order valence-electron chi connectivity index (χ0n) is 14.7. The van der Waals surface area contributed by atoms with Gasteiger partial charge in [0.25, 0.3) is 0 Å². The van der Waals surface area contributed by atoms with Gasteiger partial charge in [0.2, 0.25) is 5.91 Å². The number of rotatable bonds is 4. The van der Waals surface area contributed by atoms with Crippen LogP contribution in [0.3, 0.4) is 0 Å². The second-order valence-corrected chi connectivity index (χ2v) is 6.51. The van der Waals surface area contributed by atoms with E-state index in [0.717, 1.165) is 0 Å². The summed E-state index contributed by atoms with van der Waals surface area (Å²) in [5, 5.41) is 5.39. The average Bonchev–Trinajstić information content (AvgIpc) is 3.15. The highest BCUT2D eigenvalue weighted by Gasteiger charge is 2.34. The molecule has 0 bridgehead atoms. The molecular weight excluding hydrogens is 373 g/mol. The molecule has 1 saturated heterocycles. The van der Waals surface area contributed by atoms with Crippen molar-refractivity contribution in [3.05, 3.63) is 53.3 Å². The number of ether oxygens (including phenoxy) is 1. The molecule has 2 N–H and O–H groups in total. The number of para-hydroxylation sites is 2. The van der Waals surface area contributed by atoms with E-state index >= 15 is 0 Å². The van der Waals surface area contributed by atoms with Gasteiger partial charge in [-0.1, -0.05) is 23.7 Å². The number of benzene rings is 2. The summed E-state index contributed by atoms with van der Waals surface area (Å²) in [6, 6.07) is 9.98. The summed E-state index contributed by atoms with van der Waals surface area (Å²) >= 11 is 5.74. The molecule has 1 atom stereocenters. The number of urea groups is 1. The SMILES string of the molecule is COc1ccccc1NC(=O)N1CCCC1C(=O)Nc1ccc(F)c(Cl)c1. The van der Waals surface area contributed by atoms with Crippen molar-refractivity contribution >= 4 is 34.9 Å². The van der Waals surface area contributed by atoms with E-state index in [4.69, 9.17) is 16.3 Å². The molecule has 0 saturated carbocycles. The number of carbonyl (C=O) groups excluding carboxylic acids is 2. The topological polar surface area (TPSA) is 70.7 Å². The van der Waals surface area contributed by atoms with Crippen molar-refractivity contribution in [2.24, 2.45) is 0 Å².